The molecule has 1 aromatic rings. The number of carboxylic acid groups (broad SMARTS) is 1. The molecule has 0 saturated heterocycles. The predicted octanol–water partition coefficient (Wildman–Crippen LogP) is 1.52. The fourth-order valence-electron chi connectivity index (χ4n) is 1.65. The molecule has 0 aromatic heterocycles. The molecule has 0 aliphatic heterocycles. The summed E-state index contributed by atoms with van der Waals surface area (Å²) in [7, 11) is -3.96. The minimum Gasteiger partial charge on any atom is -0.478 e. The van der Waals surface area contributed by atoms with Crippen molar-refractivity contribution in [1.29, 1.82) is 0 Å². The van der Waals surface area contributed by atoms with Gasteiger partial charge in [0.2, 0.25) is 10.0 Å². The number of carboxylic acids is 1. The van der Waals surface area contributed by atoms with Crippen molar-refractivity contribution in [3.8, 4) is 0 Å². The molecule has 0 unspecified atom stereocenters. The Morgan fingerprint density at radius 1 is 1.19 bits per heavy atom. The van der Waals surface area contributed by atoms with Gasteiger partial charge in [0.25, 0.3) is 0 Å². The molecule has 118 valence electrons. The average molecular weight is 315 g/mol. The number of carbonyl (C=O) groups is 1. The van der Waals surface area contributed by atoms with Gasteiger partial charge in [-0.15, -0.1) is 0 Å². The van der Waals surface area contributed by atoms with Crippen LogP contribution in [0.15, 0.2) is 23.1 Å². The van der Waals surface area contributed by atoms with Gasteiger partial charge in [-0.25, -0.2) is 17.9 Å². The van der Waals surface area contributed by atoms with Crippen LogP contribution < -0.4 is 4.72 Å². The Labute approximate surface area is 124 Å². The second-order valence-corrected chi connectivity index (χ2v) is 7.67. The molecule has 0 saturated carbocycles. The zero-order valence-electron chi connectivity index (χ0n) is 12.8. The van der Waals surface area contributed by atoms with Gasteiger partial charge in [0.1, 0.15) is 0 Å². The summed E-state index contributed by atoms with van der Waals surface area (Å²) < 4.78 is 27.4. The number of nitrogens with one attached hydrogen (secondary N) is 1. The molecule has 0 amide bonds. The van der Waals surface area contributed by atoms with Crippen molar-refractivity contribution in [2.45, 2.75) is 50.7 Å². The van der Waals surface area contributed by atoms with Gasteiger partial charge < -0.3 is 10.2 Å². The largest absolute Gasteiger partial charge is 0.478 e. The molecule has 3 N–H and O–H groups in total. The second kappa shape index (κ2) is 5.40. The van der Waals surface area contributed by atoms with Crippen LogP contribution in [-0.4, -0.2) is 35.7 Å². The lowest BCUT2D eigenvalue weighted by molar-refractivity contribution is 0.00637. The number of hydrogen-bond acceptors (Lipinski definition) is 4. The van der Waals surface area contributed by atoms with E-state index in [2.05, 4.69) is 4.72 Å². The summed E-state index contributed by atoms with van der Waals surface area (Å²) in [4.78, 5) is 11.0. The zero-order chi connectivity index (χ0) is 16.6. The van der Waals surface area contributed by atoms with Gasteiger partial charge in [-0.1, -0.05) is 6.07 Å². The van der Waals surface area contributed by atoms with Crippen LogP contribution in [0.1, 0.15) is 43.6 Å². The molecule has 0 atom stereocenters. The smallest absolute Gasteiger partial charge is 0.335 e. The highest BCUT2D eigenvalue weighted by Gasteiger charge is 2.39. The summed E-state index contributed by atoms with van der Waals surface area (Å²) in [5, 5.41) is 19.1. The number of rotatable bonds is 5. The van der Waals surface area contributed by atoms with Crippen LogP contribution in [0, 0.1) is 6.92 Å². The Balaban J connectivity index is 3.34. The van der Waals surface area contributed by atoms with E-state index < -0.39 is 27.1 Å². The van der Waals surface area contributed by atoms with Crippen LogP contribution in [0.2, 0.25) is 0 Å². The highest BCUT2D eigenvalue weighted by molar-refractivity contribution is 7.89. The first-order chi connectivity index (χ1) is 9.29. The third-order valence-corrected chi connectivity index (χ3v) is 5.52. The maximum absolute atomic E-state index is 12.5. The van der Waals surface area contributed by atoms with Crippen molar-refractivity contribution in [3.05, 3.63) is 29.3 Å². The zero-order valence-corrected chi connectivity index (χ0v) is 13.6. The van der Waals surface area contributed by atoms with E-state index in [-0.39, 0.29) is 16.0 Å². The van der Waals surface area contributed by atoms with Gasteiger partial charge in [0.15, 0.2) is 0 Å². The first kappa shape index (κ1) is 17.6. The SMILES string of the molecule is Cc1c(C(=O)O)cccc1S(=O)(=O)NC(C)(C)C(C)(C)O. The van der Waals surface area contributed by atoms with Crippen LogP contribution in [0.25, 0.3) is 0 Å². The van der Waals surface area contributed by atoms with Gasteiger partial charge in [0.05, 0.1) is 21.6 Å². The molecule has 1 rings (SSSR count). The van der Waals surface area contributed by atoms with E-state index in [4.69, 9.17) is 5.11 Å². The summed E-state index contributed by atoms with van der Waals surface area (Å²) >= 11 is 0. The van der Waals surface area contributed by atoms with Crippen LogP contribution in [0.4, 0.5) is 0 Å². The molecule has 1 aromatic carbocycles. The minimum atomic E-state index is -3.96. The normalized spacial score (nSPS) is 13.2. The lowest BCUT2D eigenvalue weighted by atomic mass is 9.87. The second-order valence-electron chi connectivity index (χ2n) is 6.02. The first-order valence-electron chi connectivity index (χ1n) is 6.39. The minimum absolute atomic E-state index is 0.0704. The van der Waals surface area contributed by atoms with E-state index in [1.165, 1.54) is 39.0 Å². The lowest BCUT2D eigenvalue weighted by Gasteiger charge is -2.37. The van der Waals surface area contributed by atoms with E-state index in [1.54, 1.807) is 13.8 Å². The number of benzene rings is 1. The molecule has 0 aliphatic rings. The monoisotopic (exact) mass is 315 g/mol. The fourth-order valence-corrected chi connectivity index (χ4v) is 3.46. The summed E-state index contributed by atoms with van der Waals surface area (Å²) in [6.07, 6.45) is 0. The number of aromatic carboxylic acids is 1. The van der Waals surface area contributed by atoms with Crippen molar-refractivity contribution >= 4 is 16.0 Å². The third kappa shape index (κ3) is 3.61. The average Bonchev–Trinajstić information content (AvgIpc) is 2.25. The Morgan fingerprint density at radius 3 is 2.14 bits per heavy atom. The molecule has 0 spiro atoms. The molecule has 0 aliphatic carbocycles. The molecule has 6 nitrogen and oxygen atoms in total. The Morgan fingerprint density at radius 2 is 1.71 bits per heavy atom. The molecule has 0 heterocycles. The maximum atomic E-state index is 12.5. The van der Waals surface area contributed by atoms with Gasteiger partial charge in [0, 0.05) is 0 Å². The molecule has 0 radical (unpaired) electrons. The van der Waals surface area contributed by atoms with E-state index in [9.17, 15) is 18.3 Å². The number of sulfonamides is 1. The molecular formula is C14H21NO5S. The number of aliphatic hydroxyl groups is 1. The van der Waals surface area contributed by atoms with Crippen molar-refractivity contribution < 1.29 is 23.4 Å². The highest BCUT2D eigenvalue weighted by Crippen LogP contribution is 2.25. The third-order valence-electron chi connectivity index (χ3n) is 3.72. The highest BCUT2D eigenvalue weighted by atomic mass is 32.2. The van der Waals surface area contributed by atoms with Crippen LogP contribution in [-0.2, 0) is 10.0 Å². The van der Waals surface area contributed by atoms with Gasteiger partial charge in [-0.3, -0.25) is 0 Å². The van der Waals surface area contributed by atoms with Crippen molar-refractivity contribution in [1.82, 2.24) is 4.72 Å². The topological polar surface area (TPSA) is 104 Å². The van der Waals surface area contributed by atoms with Gasteiger partial charge in [-0.2, -0.15) is 0 Å². The van der Waals surface area contributed by atoms with E-state index >= 15 is 0 Å². The predicted molar refractivity (Wildman–Crippen MR) is 78.8 cm³/mol. The van der Waals surface area contributed by atoms with Crippen molar-refractivity contribution in [2.24, 2.45) is 0 Å². The van der Waals surface area contributed by atoms with Crippen LogP contribution in [0.3, 0.4) is 0 Å². The molecule has 7 heteroatoms. The molecule has 0 fully saturated rings. The Bertz CT molecular complexity index is 656. The standard InChI is InChI=1S/C14H21NO5S/c1-9-10(12(16)17)7-6-8-11(9)21(19,20)15-13(2,3)14(4,5)18/h6-8,15,18H,1-5H3,(H,16,17). The Hall–Kier alpha value is -1.44. The van der Waals surface area contributed by atoms with Crippen LogP contribution in [0.5, 0.6) is 0 Å². The van der Waals surface area contributed by atoms with E-state index in [1.807, 2.05) is 0 Å². The first-order valence-corrected chi connectivity index (χ1v) is 7.87. The summed E-state index contributed by atoms with van der Waals surface area (Å²) in [6.45, 7) is 7.54. The summed E-state index contributed by atoms with van der Waals surface area (Å²) in [5.41, 5.74) is -2.33. The lowest BCUT2D eigenvalue weighted by Crippen LogP contribution is -2.57. The van der Waals surface area contributed by atoms with E-state index in [0.29, 0.717) is 0 Å². The summed E-state index contributed by atoms with van der Waals surface area (Å²) in [5.74, 6) is -1.19. The Kier molecular flexibility index (Phi) is 4.53. The molecular weight excluding hydrogens is 294 g/mol. The summed E-state index contributed by atoms with van der Waals surface area (Å²) in [6, 6.07) is 4.06. The van der Waals surface area contributed by atoms with Crippen molar-refractivity contribution in [2.75, 3.05) is 0 Å². The maximum Gasteiger partial charge on any atom is 0.335 e. The van der Waals surface area contributed by atoms with Crippen molar-refractivity contribution in [3.63, 3.8) is 0 Å². The fraction of sp³-hybridized carbons (Fsp3) is 0.500. The van der Waals surface area contributed by atoms with Gasteiger partial charge in [-0.05, 0) is 52.3 Å². The number of hydrogen-bond donors (Lipinski definition) is 3. The molecule has 21 heavy (non-hydrogen) atoms. The quantitative estimate of drug-likeness (QED) is 0.764. The molecule has 0 bridgehead atoms. The van der Waals surface area contributed by atoms with E-state index in [0.717, 1.165) is 0 Å². The van der Waals surface area contributed by atoms with Crippen LogP contribution >= 0.6 is 0 Å². The van der Waals surface area contributed by atoms with Gasteiger partial charge >= 0.3 is 5.97 Å².